The van der Waals surface area contributed by atoms with E-state index in [1.807, 2.05) is 0 Å². The van der Waals surface area contributed by atoms with Crippen LogP contribution in [0.4, 0.5) is 18.9 Å². The maximum atomic E-state index is 13.8. The van der Waals surface area contributed by atoms with Crippen molar-refractivity contribution in [2.24, 2.45) is 5.41 Å². The van der Waals surface area contributed by atoms with Gasteiger partial charge in [0.2, 0.25) is 0 Å². The fraction of sp³-hybridized carbons (Fsp3) is 0.259. The third kappa shape index (κ3) is 5.17. The summed E-state index contributed by atoms with van der Waals surface area (Å²) < 4.78 is 74.6. The number of carboxylic acid groups (broad SMARTS) is 1. The van der Waals surface area contributed by atoms with Crippen LogP contribution in [0.15, 0.2) is 71.6 Å². The zero-order valence-electron chi connectivity index (χ0n) is 20.4. The monoisotopic (exact) mass is 544 g/mol. The number of alkyl halides is 3. The van der Waals surface area contributed by atoms with E-state index in [0.29, 0.717) is 22.8 Å². The molecule has 0 saturated heterocycles. The number of nitrogens with zero attached hydrogens (tertiary/aromatic N) is 2. The van der Waals surface area contributed by atoms with Crippen LogP contribution in [0.2, 0.25) is 0 Å². The number of benzene rings is 3. The smallest absolute Gasteiger partial charge is 0.416 e. The summed E-state index contributed by atoms with van der Waals surface area (Å²) >= 11 is 0. The molecule has 1 N–H and O–H groups in total. The lowest BCUT2D eigenvalue weighted by molar-refractivity contribution is -0.148. The van der Waals surface area contributed by atoms with Crippen LogP contribution in [0.5, 0.6) is 5.75 Å². The van der Waals surface area contributed by atoms with Gasteiger partial charge in [0.15, 0.2) is 0 Å². The first kappa shape index (κ1) is 27.0. The Kier molecular flexibility index (Phi) is 6.88. The van der Waals surface area contributed by atoms with E-state index in [1.54, 1.807) is 30.3 Å². The van der Waals surface area contributed by atoms with Crippen LogP contribution in [0.3, 0.4) is 0 Å². The largest absolute Gasteiger partial charge is 0.486 e. The molecular formula is C27H23F3N2O5S. The quantitative estimate of drug-likeness (QED) is 0.427. The minimum absolute atomic E-state index is 0.0601. The zero-order chi connectivity index (χ0) is 27.9. The van der Waals surface area contributed by atoms with Gasteiger partial charge in [-0.2, -0.15) is 18.4 Å². The first-order valence-corrected chi connectivity index (χ1v) is 12.9. The van der Waals surface area contributed by atoms with Crippen molar-refractivity contribution in [3.05, 3.63) is 77.9 Å². The van der Waals surface area contributed by atoms with Crippen molar-refractivity contribution in [3.63, 3.8) is 0 Å². The molecule has 0 amide bonds. The molecular weight excluding hydrogens is 521 g/mol. The maximum absolute atomic E-state index is 13.8. The second kappa shape index (κ2) is 9.68. The van der Waals surface area contributed by atoms with Crippen LogP contribution in [-0.4, -0.2) is 32.1 Å². The number of nitriles is 1. The lowest BCUT2D eigenvalue weighted by Crippen LogP contribution is -2.46. The first-order valence-electron chi connectivity index (χ1n) is 11.5. The highest BCUT2D eigenvalue weighted by Gasteiger charge is 2.40. The summed E-state index contributed by atoms with van der Waals surface area (Å²) in [6, 6.07) is 16.8. The van der Waals surface area contributed by atoms with E-state index in [-0.39, 0.29) is 24.4 Å². The SMILES string of the molecule is CC(C)(C[C@H]1CN(S(=O)(=O)c2cccc(C(F)(F)F)c2)c2cc(-c3ccccc3C#N)ccc2O1)C(=O)O. The predicted octanol–water partition coefficient (Wildman–Crippen LogP) is 5.70. The van der Waals surface area contributed by atoms with Gasteiger partial charge in [0, 0.05) is 6.42 Å². The minimum atomic E-state index is -4.75. The van der Waals surface area contributed by atoms with E-state index in [4.69, 9.17) is 4.74 Å². The van der Waals surface area contributed by atoms with Crippen molar-refractivity contribution < 1.29 is 36.2 Å². The fourth-order valence-corrected chi connectivity index (χ4v) is 5.81. The van der Waals surface area contributed by atoms with Crippen molar-refractivity contribution in [2.45, 2.75) is 37.4 Å². The third-order valence-corrected chi connectivity index (χ3v) is 8.09. The average molecular weight is 545 g/mol. The number of hydrogen-bond acceptors (Lipinski definition) is 5. The minimum Gasteiger partial charge on any atom is -0.486 e. The molecule has 0 radical (unpaired) electrons. The molecule has 0 bridgehead atoms. The van der Waals surface area contributed by atoms with E-state index in [9.17, 15) is 36.8 Å². The van der Waals surface area contributed by atoms with E-state index in [0.717, 1.165) is 22.5 Å². The van der Waals surface area contributed by atoms with Crippen molar-refractivity contribution in [3.8, 4) is 22.9 Å². The Balaban J connectivity index is 1.86. The molecule has 0 unspecified atom stereocenters. The number of sulfonamides is 1. The zero-order valence-corrected chi connectivity index (χ0v) is 21.2. The highest BCUT2D eigenvalue weighted by Crippen LogP contribution is 2.42. The molecule has 38 heavy (non-hydrogen) atoms. The number of carboxylic acids is 1. The van der Waals surface area contributed by atoms with E-state index >= 15 is 0 Å². The Morgan fingerprint density at radius 2 is 1.82 bits per heavy atom. The van der Waals surface area contributed by atoms with Crippen LogP contribution in [-0.2, 0) is 21.0 Å². The van der Waals surface area contributed by atoms with Crippen molar-refractivity contribution in [1.29, 1.82) is 5.26 Å². The summed E-state index contributed by atoms with van der Waals surface area (Å²) in [6.07, 6.45) is -5.71. The molecule has 3 aromatic carbocycles. The summed E-state index contributed by atoms with van der Waals surface area (Å²) in [7, 11) is -4.54. The summed E-state index contributed by atoms with van der Waals surface area (Å²) in [6.45, 7) is 2.62. The highest BCUT2D eigenvalue weighted by molar-refractivity contribution is 7.92. The number of hydrogen-bond donors (Lipinski definition) is 1. The van der Waals surface area contributed by atoms with Gasteiger partial charge in [0.05, 0.1) is 39.7 Å². The molecule has 0 fully saturated rings. The average Bonchev–Trinajstić information content (AvgIpc) is 2.87. The van der Waals surface area contributed by atoms with Gasteiger partial charge in [-0.3, -0.25) is 9.10 Å². The van der Waals surface area contributed by atoms with E-state index < -0.39 is 44.1 Å². The van der Waals surface area contributed by atoms with Gasteiger partial charge in [0.25, 0.3) is 10.0 Å². The third-order valence-electron chi connectivity index (χ3n) is 6.32. The van der Waals surface area contributed by atoms with Crippen molar-refractivity contribution in [1.82, 2.24) is 0 Å². The van der Waals surface area contributed by atoms with Crippen LogP contribution in [0.25, 0.3) is 11.1 Å². The Morgan fingerprint density at radius 1 is 1.11 bits per heavy atom. The van der Waals surface area contributed by atoms with Gasteiger partial charge in [-0.05, 0) is 61.4 Å². The first-order chi connectivity index (χ1) is 17.7. The van der Waals surface area contributed by atoms with Crippen LogP contribution in [0.1, 0.15) is 31.4 Å². The molecule has 11 heteroatoms. The summed E-state index contributed by atoms with van der Waals surface area (Å²) in [5, 5.41) is 19.1. The number of carbonyl (C=O) groups is 1. The fourth-order valence-electron chi connectivity index (χ4n) is 4.26. The normalized spacial score (nSPS) is 15.8. The van der Waals surface area contributed by atoms with Crippen LogP contribution >= 0.6 is 0 Å². The molecule has 1 atom stereocenters. The van der Waals surface area contributed by atoms with Gasteiger partial charge in [-0.15, -0.1) is 0 Å². The second-order valence-electron chi connectivity index (χ2n) is 9.53. The number of halogens is 3. The Morgan fingerprint density at radius 3 is 2.47 bits per heavy atom. The number of aliphatic carboxylic acids is 1. The second-order valence-corrected chi connectivity index (χ2v) is 11.4. The van der Waals surface area contributed by atoms with Gasteiger partial charge in [-0.1, -0.05) is 30.3 Å². The van der Waals surface area contributed by atoms with Crippen LogP contribution in [0, 0.1) is 16.7 Å². The van der Waals surface area contributed by atoms with Crippen molar-refractivity contribution >= 4 is 21.7 Å². The number of anilines is 1. The van der Waals surface area contributed by atoms with Gasteiger partial charge in [-0.25, -0.2) is 8.42 Å². The highest BCUT2D eigenvalue weighted by atomic mass is 32.2. The Bertz CT molecular complexity index is 1540. The lowest BCUT2D eigenvalue weighted by atomic mass is 9.86. The maximum Gasteiger partial charge on any atom is 0.416 e. The Labute approximate surface area is 217 Å². The summed E-state index contributed by atoms with van der Waals surface area (Å²) in [5.41, 5.74) is -0.942. The van der Waals surface area contributed by atoms with Gasteiger partial charge >= 0.3 is 12.1 Å². The molecule has 0 spiro atoms. The Hall–Kier alpha value is -4.04. The molecule has 0 aliphatic carbocycles. The molecule has 1 aliphatic rings. The number of fused-ring (bicyclic) bond motifs is 1. The predicted molar refractivity (Wildman–Crippen MR) is 133 cm³/mol. The molecule has 7 nitrogen and oxygen atoms in total. The topological polar surface area (TPSA) is 108 Å². The molecule has 0 saturated carbocycles. The molecule has 1 aliphatic heterocycles. The number of ether oxygens (including phenoxy) is 1. The summed E-state index contributed by atoms with van der Waals surface area (Å²) in [5.74, 6) is -0.987. The van der Waals surface area contributed by atoms with E-state index in [1.165, 1.54) is 26.0 Å². The molecule has 3 aromatic rings. The van der Waals surface area contributed by atoms with Gasteiger partial charge < -0.3 is 9.84 Å². The van der Waals surface area contributed by atoms with Crippen LogP contribution < -0.4 is 9.04 Å². The molecule has 198 valence electrons. The standard InChI is InChI=1S/C27H23F3N2O5S/c1-26(2,25(33)34)14-20-16-32(38(35,36)21-8-5-7-19(13-21)27(28,29)30)23-12-17(10-11-24(23)37-20)22-9-4-3-6-18(22)15-31/h3-13,20H,14,16H2,1-2H3,(H,33,34)/t20-/m0/s1. The van der Waals surface area contributed by atoms with Gasteiger partial charge in [0.1, 0.15) is 11.9 Å². The lowest BCUT2D eigenvalue weighted by Gasteiger charge is -2.38. The molecule has 1 heterocycles. The molecule has 4 rings (SSSR count). The van der Waals surface area contributed by atoms with E-state index in [2.05, 4.69) is 6.07 Å². The number of rotatable bonds is 6. The molecule has 0 aromatic heterocycles. The van der Waals surface area contributed by atoms with Crippen molar-refractivity contribution in [2.75, 3.05) is 10.8 Å². The summed E-state index contributed by atoms with van der Waals surface area (Å²) in [4.78, 5) is 11.1.